The minimum absolute atomic E-state index is 0.414. The van der Waals surface area contributed by atoms with Gasteiger partial charge in [0.2, 0.25) is 0 Å². The van der Waals surface area contributed by atoms with Gasteiger partial charge in [0.25, 0.3) is 0 Å². The zero-order chi connectivity index (χ0) is 13.1. The Balaban J connectivity index is 1.77. The molecule has 3 nitrogen and oxygen atoms in total. The number of rotatable bonds is 3. The molecule has 5 heteroatoms. The molecule has 1 saturated heterocycles. The van der Waals surface area contributed by atoms with Crippen molar-refractivity contribution in [2.24, 2.45) is 0 Å². The molecule has 0 aliphatic carbocycles. The normalized spacial score (nSPS) is 20.6. The molecule has 0 amide bonds. The Morgan fingerprint density at radius 2 is 2.16 bits per heavy atom. The fourth-order valence-electron chi connectivity index (χ4n) is 2.49. The molecular weight excluding hydrogens is 278 g/mol. The van der Waals surface area contributed by atoms with E-state index in [-0.39, 0.29) is 0 Å². The van der Waals surface area contributed by atoms with E-state index in [4.69, 9.17) is 11.6 Å². The molecule has 0 bridgehead atoms. The molecule has 19 heavy (non-hydrogen) atoms. The first kappa shape index (κ1) is 13.1. The SMILES string of the molecule is Clc1ccc(CN2CCNCC2c2ccncc2)s1. The number of nitrogens with one attached hydrogen (secondary N) is 1. The van der Waals surface area contributed by atoms with Gasteiger partial charge in [0.05, 0.1) is 4.34 Å². The maximum absolute atomic E-state index is 6.01. The highest BCUT2D eigenvalue weighted by Gasteiger charge is 2.23. The second-order valence-corrected chi connectivity index (χ2v) is 6.48. The van der Waals surface area contributed by atoms with Crippen LogP contribution in [0.1, 0.15) is 16.5 Å². The van der Waals surface area contributed by atoms with Crippen LogP contribution in [0.5, 0.6) is 0 Å². The maximum Gasteiger partial charge on any atom is 0.0931 e. The van der Waals surface area contributed by atoms with Gasteiger partial charge in [-0.1, -0.05) is 11.6 Å². The summed E-state index contributed by atoms with van der Waals surface area (Å²) in [4.78, 5) is 7.93. The first-order valence-corrected chi connectivity index (χ1v) is 7.61. The van der Waals surface area contributed by atoms with E-state index >= 15 is 0 Å². The monoisotopic (exact) mass is 293 g/mol. The molecular formula is C14H16ClN3S. The number of pyridine rings is 1. The van der Waals surface area contributed by atoms with Crippen molar-refractivity contribution < 1.29 is 0 Å². The molecule has 1 fully saturated rings. The number of aromatic nitrogens is 1. The summed E-state index contributed by atoms with van der Waals surface area (Å²) < 4.78 is 0.866. The van der Waals surface area contributed by atoms with Crippen molar-refractivity contribution >= 4 is 22.9 Å². The van der Waals surface area contributed by atoms with Gasteiger partial charge in [-0.2, -0.15) is 0 Å². The summed E-state index contributed by atoms with van der Waals surface area (Å²) in [5.74, 6) is 0. The van der Waals surface area contributed by atoms with E-state index in [1.807, 2.05) is 18.5 Å². The lowest BCUT2D eigenvalue weighted by molar-refractivity contribution is 0.155. The number of nitrogens with zero attached hydrogens (tertiary/aromatic N) is 2. The molecule has 1 aliphatic heterocycles. The smallest absolute Gasteiger partial charge is 0.0931 e. The number of piperazine rings is 1. The van der Waals surface area contributed by atoms with Gasteiger partial charge in [-0.05, 0) is 29.8 Å². The van der Waals surface area contributed by atoms with Crippen LogP contribution in [0.3, 0.4) is 0 Å². The van der Waals surface area contributed by atoms with Crippen LogP contribution < -0.4 is 5.32 Å². The first-order valence-electron chi connectivity index (χ1n) is 6.42. The van der Waals surface area contributed by atoms with Gasteiger partial charge in [-0.25, -0.2) is 0 Å². The van der Waals surface area contributed by atoms with Gasteiger partial charge < -0.3 is 5.32 Å². The standard InChI is InChI=1S/C14H16ClN3S/c15-14-2-1-12(19-14)10-18-8-7-17-9-13(18)11-3-5-16-6-4-11/h1-6,13,17H,7-10H2. The van der Waals surface area contributed by atoms with Crippen LogP contribution >= 0.6 is 22.9 Å². The molecule has 3 rings (SSSR count). The van der Waals surface area contributed by atoms with Crippen molar-refractivity contribution in [3.63, 3.8) is 0 Å². The van der Waals surface area contributed by atoms with E-state index in [0.717, 1.165) is 30.5 Å². The van der Waals surface area contributed by atoms with E-state index in [1.54, 1.807) is 11.3 Å². The van der Waals surface area contributed by atoms with Crippen molar-refractivity contribution in [3.8, 4) is 0 Å². The average molecular weight is 294 g/mol. The molecule has 0 spiro atoms. The number of hydrogen-bond acceptors (Lipinski definition) is 4. The lowest BCUT2D eigenvalue weighted by atomic mass is 10.0. The Labute approximate surface area is 122 Å². The Morgan fingerprint density at radius 3 is 2.89 bits per heavy atom. The summed E-state index contributed by atoms with van der Waals surface area (Å²) in [5.41, 5.74) is 1.32. The molecule has 1 aliphatic rings. The largest absolute Gasteiger partial charge is 0.314 e. The van der Waals surface area contributed by atoms with Crippen LogP contribution in [-0.4, -0.2) is 29.5 Å². The highest BCUT2D eigenvalue weighted by molar-refractivity contribution is 7.16. The highest BCUT2D eigenvalue weighted by atomic mass is 35.5. The van der Waals surface area contributed by atoms with Gasteiger partial charge in [0.1, 0.15) is 0 Å². The van der Waals surface area contributed by atoms with Gasteiger partial charge >= 0.3 is 0 Å². The molecule has 1 unspecified atom stereocenters. The Hall–Kier alpha value is -0.940. The quantitative estimate of drug-likeness (QED) is 0.943. The fraction of sp³-hybridized carbons (Fsp3) is 0.357. The van der Waals surface area contributed by atoms with Crippen molar-refractivity contribution in [1.29, 1.82) is 0 Å². The van der Waals surface area contributed by atoms with Crippen molar-refractivity contribution in [3.05, 3.63) is 51.4 Å². The number of thiophene rings is 1. The summed E-state index contributed by atoms with van der Waals surface area (Å²) >= 11 is 7.68. The van der Waals surface area contributed by atoms with Crippen molar-refractivity contribution in [2.75, 3.05) is 19.6 Å². The minimum atomic E-state index is 0.414. The van der Waals surface area contributed by atoms with Crippen LogP contribution in [0.25, 0.3) is 0 Å². The number of hydrogen-bond donors (Lipinski definition) is 1. The van der Waals surface area contributed by atoms with Crippen LogP contribution in [0.2, 0.25) is 4.34 Å². The van der Waals surface area contributed by atoms with Gasteiger partial charge in [-0.15, -0.1) is 11.3 Å². The summed E-state index contributed by atoms with van der Waals surface area (Å²) in [6.07, 6.45) is 3.73. The number of halogens is 1. The third-order valence-electron chi connectivity index (χ3n) is 3.43. The van der Waals surface area contributed by atoms with E-state index in [1.165, 1.54) is 10.4 Å². The third kappa shape index (κ3) is 3.15. The van der Waals surface area contributed by atoms with Crippen molar-refractivity contribution in [2.45, 2.75) is 12.6 Å². The van der Waals surface area contributed by atoms with Crippen LogP contribution in [0.15, 0.2) is 36.7 Å². The second-order valence-electron chi connectivity index (χ2n) is 4.68. The van der Waals surface area contributed by atoms with Crippen molar-refractivity contribution in [1.82, 2.24) is 15.2 Å². The summed E-state index contributed by atoms with van der Waals surface area (Å²) in [5, 5.41) is 3.47. The Bertz CT molecular complexity index is 528. The molecule has 3 heterocycles. The average Bonchev–Trinajstić information content (AvgIpc) is 2.86. The van der Waals surface area contributed by atoms with Gasteiger partial charge in [0, 0.05) is 49.5 Å². The van der Waals surface area contributed by atoms with Crippen LogP contribution in [0.4, 0.5) is 0 Å². The lowest BCUT2D eigenvalue weighted by Crippen LogP contribution is -2.45. The van der Waals surface area contributed by atoms with Gasteiger partial charge in [-0.3, -0.25) is 9.88 Å². The topological polar surface area (TPSA) is 28.2 Å². The second kappa shape index (κ2) is 6.01. The summed E-state index contributed by atoms with van der Waals surface area (Å²) in [6.45, 7) is 4.05. The lowest BCUT2D eigenvalue weighted by Gasteiger charge is -2.36. The Kier molecular flexibility index (Phi) is 4.13. The van der Waals surface area contributed by atoms with Crippen LogP contribution in [-0.2, 0) is 6.54 Å². The van der Waals surface area contributed by atoms with E-state index in [0.29, 0.717) is 6.04 Å². The maximum atomic E-state index is 6.01. The zero-order valence-corrected chi connectivity index (χ0v) is 12.1. The van der Waals surface area contributed by atoms with E-state index in [9.17, 15) is 0 Å². The molecule has 1 atom stereocenters. The molecule has 1 N–H and O–H groups in total. The molecule has 2 aromatic rings. The Morgan fingerprint density at radius 1 is 1.32 bits per heavy atom. The minimum Gasteiger partial charge on any atom is -0.314 e. The molecule has 100 valence electrons. The summed E-state index contributed by atoms with van der Waals surface area (Å²) in [6, 6.07) is 8.72. The fourth-order valence-corrected chi connectivity index (χ4v) is 3.60. The van der Waals surface area contributed by atoms with Crippen LogP contribution in [0, 0.1) is 0 Å². The molecule has 0 saturated carbocycles. The zero-order valence-electron chi connectivity index (χ0n) is 10.6. The summed E-state index contributed by atoms with van der Waals surface area (Å²) in [7, 11) is 0. The predicted molar refractivity (Wildman–Crippen MR) is 79.6 cm³/mol. The predicted octanol–water partition coefficient (Wildman–Crippen LogP) is 2.94. The first-order chi connectivity index (χ1) is 9.33. The molecule has 0 radical (unpaired) electrons. The third-order valence-corrected chi connectivity index (χ3v) is 4.65. The van der Waals surface area contributed by atoms with E-state index in [2.05, 4.69) is 33.4 Å². The van der Waals surface area contributed by atoms with Gasteiger partial charge in [0.15, 0.2) is 0 Å². The highest BCUT2D eigenvalue weighted by Crippen LogP contribution is 2.27. The molecule has 0 aromatic carbocycles. The van der Waals surface area contributed by atoms with E-state index < -0.39 is 0 Å². The molecule has 2 aromatic heterocycles.